The van der Waals surface area contributed by atoms with Crippen molar-refractivity contribution in [3.05, 3.63) is 18.0 Å². The van der Waals surface area contributed by atoms with Crippen LogP contribution in [0.4, 0.5) is 0 Å². The minimum Gasteiger partial charge on any atom is -0.276 e. The van der Waals surface area contributed by atoms with E-state index in [1.807, 2.05) is 17.9 Å². The van der Waals surface area contributed by atoms with Crippen LogP contribution in [0.1, 0.15) is 39.2 Å². The summed E-state index contributed by atoms with van der Waals surface area (Å²) in [5.74, 6) is 5.58. The van der Waals surface area contributed by atoms with Gasteiger partial charge in [-0.05, 0) is 30.2 Å². The molecule has 1 heterocycles. The van der Waals surface area contributed by atoms with Gasteiger partial charge in [0.05, 0.1) is 6.20 Å². The smallest absolute Gasteiger partial charge is 0.0521 e. The first kappa shape index (κ1) is 13.2. The van der Waals surface area contributed by atoms with E-state index in [-0.39, 0.29) is 0 Å². The Labute approximate surface area is 98.2 Å². The minimum atomic E-state index is 0.311. The molecule has 0 aliphatic rings. The predicted octanol–water partition coefficient (Wildman–Crippen LogP) is 1.62. The Kier molecular flexibility index (Phi) is 4.50. The van der Waals surface area contributed by atoms with Crippen molar-refractivity contribution in [1.29, 1.82) is 0 Å². The summed E-state index contributed by atoms with van der Waals surface area (Å²) in [4.78, 5) is 0. The lowest BCUT2D eigenvalue weighted by molar-refractivity contribution is 0.300. The van der Waals surface area contributed by atoms with Crippen molar-refractivity contribution >= 4 is 0 Å². The minimum absolute atomic E-state index is 0.311. The molecule has 0 bridgehead atoms. The number of aromatic nitrogens is 2. The third-order valence-corrected chi connectivity index (χ3v) is 2.63. The Morgan fingerprint density at radius 2 is 2.19 bits per heavy atom. The second-order valence-electron chi connectivity index (χ2n) is 5.69. The number of nitrogens with one attached hydrogen (secondary N) is 1. The van der Waals surface area contributed by atoms with Gasteiger partial charge >= 0.3 is 0 Å². The van der Waals surface area contributed by atoms with Gasteiger partial charge in [0.1, 0.15) is 0 Å². The SMILES string of the molecule is Cn1cc(CCC(CC(C)(C)C)NN)cn1. The summed E-state index contributed by atoms with van der Waals surface area (Å²) in [6, 6.07) is 0.375. The van der Waals surface area contributed by atoms with Crippen molar-refractivity contribution in [3.63, 3.8) is 0 Å². The Hall–Kier alpha value is -0.870. The van der Waals surface area contributed by atoms with Gasteiger partial charge in [0, 0.05) is 19.3 Å². The first-order chi connectivity index (χ1) is 7.40. The van der Waals surface area contributed by atoms with Crippen LogP contribution in [0, 0.1) is 5.41 Å². The Morgan fingerprint density at radius 1 is 1.50 bits per heavy atom. The molecule has 0 aliphatic carbocycles. The quantitative estimate of drug-likeness (QED) is 0.590. The maximum Gasteiger partial charge on any atom is 0.0521 e. The summed E-state index contributed by atoms with van der Waals surface area (Å²) < 4.78 is 1.84. The third kappa shape index (κ3) is 4.77. The molecule has 4 nitrogen and oxygen atoms in total. The van der Waals surface area contributed by atoms with Crippen LogP contribution in [-0.4, -0.2) is 15.8 Å². The van der Waals surface area contributed by atoms with Crippen LogP contribution in [0.5, 0.6) is 0 Å². The maximum atomic E-state index is 5.58. The molecule has 4 heteroatoms. The highest BCUT2D eigenvalue weighted by Gasteiger charge is 2.17. The van der Waals surface area contributed by atoms with E-state index < -0.39 is 0 Å². The number of hydrazine groups is 1. The van der Waals surface area contributed by atoms with E-state index in [9.17, 15) is 0 Å². The van der Waals surface area contributed by atoms with E-state index in [1.54, 1.807) is 0 Å². The van der Waals surface area contributed by atoms with Crippen molar-refractivity contribution < 1.29 is 0 Å². The Balaban J connectivity index is 2.40. The molecular formula is C12H24N4. The molecule has 3 N–H and O–H groups in total. The lowest BCUT2D eigenvalue weighted by Crippen LogP contribution is -2.38. The van der Waals surface area contributed by atoms with E-state index in [0.717, 1.165) is 19.3 Å². The summed E-state index contributed by atoms with van der Waals surface area (Å²) in [7, 11) is 1.94. The molecule has 0 saturated carbocycles. The van der Waals surface area contributed by atoms with Crippen LogP contribution in [0.3, 0.4) is 0 Å². The average molecular weight is 224 g/mol. The van der Waals surface area contributed by atoms with Gasteiger partial charge in [-0.15, -0.1) is 0 Å². The van der Waals surface area contributed by atoms with Crippen LogP contribution in [0.25, 0.3) is 0 Å². The summed E-state index contributed by atoms with van der Waals surface area (Å²) in [6.45, 7) is 6.71. The largest absolute Gasteiger partial charge is 0.276 e. The zero-order chi connectivity index (χ0) is 12.2. The first-order valence-corrected chi connectivity index (χ1v) is 5.84. The first-order valence-electron chi connectivity index (χ1n) is 5.84. The van der Waals surface area contributed by atoms with E-state index in [0.29, 0.717) is 11.5 Å². The number of nitrogens with zero attached hydrogens (tertiary/aromatic N) is 2. The van der Waals surface area contributed by atoms with Gasteiger partial charge in [-0.3, -0.25) is 16.0 Å². The number of hydrogen-bond acceptors (Lipinski definition) is 3. The summed E-state index contributed by atoms with van der Waals surface area (Å²) >= 11 is 0. The van der Waals surface area contributed by atoms with Gasteiger partial charge < -0.3 is 0 Å². The second-order valence-corrected chi connectivity index (χ2v) is 5.69. The van der Waals surface area contributed by atoms with Gasteiger partial charge in [-0.25, -0.2) is 0 Å². The molecule has 16 heavy (non-hydrogen) atoms. The second kappa shape index (κ2) is 5.46. The molecule has 0 aliphatic heterocycles. The summed E-state index contributed by atoms with van der Waals surface area (Å²) in [6.07, 6.45) is 7.15. The van der Waals surface area contributed by atoms with Crippen LogP contribution in [0.15, 0.2) is 12.4 Å². The highest BCUT2D eigenvalue weighted by atomic mass is 15.2. The topological polar surface area (TPSA) is 55.9 Å². The molecule has 1 atom stereocenters. The van der Waals surface area contributed by atoms with Crippen LogP contribution in [-0.2, 0) is 13.5 Å². The lowest BCUT2D eigenvalue weighted by Gasteiger charge is -2.25. The molecule has 1 aromatic heterocycles. The fourth-order valence-corrected chi connectivity index (χ4v) is 1.93. The monoisotopic (exact) mass is 224 g/mol. The molecule has 0 saturated heterocycles. The van der Waals surface area contributed by atoms with Crippen molar-refractivity contribution in [2.45, 2.75) is 46.1 Å². The zero-order valence-electron chi connectivity index (χ0n) is 10.8. The van der Waals surface area contributed by atoms with Gasteiger partial charge in [-0.1, -0.05) is 20.8 Å². The third-order valence-electron chi connectivity index (χ3n) is 2.63. The van der Waals surface area contributed by atoms with Crippen molar-refractivity contribution in [2.24, 2.45) is 18.3 Å². The van der Waals surface area contributed by atoms with E-state index in [2.05, 4.69) is 37.5 Å². The number of rotatable bonds is 5. The van der Waals surface area contributed by atoms with E-state index in [4.69, 9.17) is 5.84 Å². The van der Waals surface area contributed by atoms with E-state index >= 15 is 0 Å². The Morgan fingerprint density at radius 3 is 2.62 bits per heavy atom. The van der Waals surface area contributed by atoms with E-state index in [1.165, 1.54) is 5.56 Å². The molecule has 0 aromatic carbocycles. The predicted molar refractivity (Wildman–Crippen MR) is 66.7 cm³/mol. The number of aryl methyl sites for hydroxylation is 2. The highest BCUT2D eigenvalue weighted by molar-refractivity contribution is 5.04. The molecule has 0 amide bonds. The average Bonchev–Trinajstić information content (AvgIpc) is 2.57. The summed E-state index contributed by atoms with van der Waals surface area (Å²) in [5.41, 5.74) is 4.49. The molecule has 1 aromatic rings. The van der Waals surface area contributed by atoms with Gasteiger partial charge in [0.15, 0.2) is 0 Å². The molecule has 1 rings (SSSR count). The fraction of sp³-hybridized carbons (Fsp3) is 0.750. The molecule has 92 valence electrons. The van der Waals surface area contributed by atoms with Crippen LogP contribution in [0.2, 0.25) is 0 Å². The lowest BCUT2D eigenvalue weighted by atomic mass is 9.86. The van der Waals surface area contributed by atoms with Crippen molar-refractivity contribution in [1.82, 2.24) is 15.2 Å². The van der Waals surface area contributed by atoms with Crippen LogP contribution >= 0.6 is 0 Å². The molecular weight excluding hydrogens is 200 g/mol. The Bertz CT molecular complexity index is 311. The van der Waals surface area contributed by atoms with Gasteiger partial charge in [-0.2, -0.15) is 5.10 Å². The van der Waals surface area contributed by atoms with Gasteiger partial charge in [0.25, 0.3) is 0 Å². The molecule has 0 radical (unpaired) electrons. The molecule has 1 unspecified atom stereocenters. The summed E-state index contributed by atoms with van der Waals surface area (Å²) in [5, 5.41) is 4.16. The zero-order valence-corrected chi connectivity index (χ0v) is 10.8. The maximum absolute atomic E-state index is 5.58. The van der Waals surface area contributed by atoms with Gasteiger partial charge in [0.2, 0.25) is 0 Å². The van der Waals surface area contributed by atoms with Crippen molar-refractivity contribution in [2.75, 3.05) is 0 Å². The fourth-order valence-electron chi connectivity index (χ4n) is 1.93. The standard InChI is InChI=1S/C12H24N4/c1-12(2,3)7-11(15-13)6-5-10-8-14-16(4)9-10/h8-9,11,15H,5-7,13H2,1-4H3. The molecule has 0 spiro atoms. The highest BCUT2D eigenvalue weighted by Crippen LogP contribution is 2.22. The van der Waals surface area contributed by atoms with Crippen LogP contribution < -0.4 is 11.3 Å². The van der Waals surface area contributed by atoms with Crippen molar-refractivity contribution in [3.8, 4) is 0 Å². The number of nitrogens with two attached hydrogens (primary N) is 1. The number of hydrogen-bond donors (Lipinski definition) is 2. The normalized spacial score (nSPS) is 14.1. The molecule has 0 fully saturated rings.